The van der Waals surface area contributed by atoms with E-state index in [-0.39, 0.29) is 36.0 Å². The second kappa shape index (κ2) is 12.4. The number of esters is 2. The summed E-state index contributed by atoms with van der Waals surface area (Å²) >= 11 is 1.49. The molecule has 11 heteroatoms. The first-order valence-corrected chi connectivity index (χ1v) is 11.6. The number of nitrogens with one attached hydrogen (secondary N) is 2. The zero-order valence-electron chi connectivity index (χ0n) is 19.6. The first-order valence-electron chi connectivity index (χ1n) is 10.2. The smallest absolute Gasteiger partial charge is 0.408 e. The Hall–Kier alpha value is -2.69. The molecule has 0 radical (unpaired) electrons. The van der Waals surface area contributed by atoms with Crippen LogP contribution in [0.25, 0.3) is 0 Å². The van der Waals surface area contributed by atoms with Crippen LogP contribution in [-0.4, -0.2) is 60.8 Å². The summed E-state index contributed by atoms with van der Waals surface area (Å²) in [5.41, 5.74) is -1.10. The van der Waals surface area contributed by atoms with Crippen LogP contribution in [0.2, 0.25) is 0 Å². The van der Waals surface area contributed by atoms with Crippen LogP contribution in [0.3, 0.4) is 0 Å². The predicted molar refractivity (Wildman–Crippen MR) is 120 cm³/mol. The first-order chi connectivity index (χ1) is 14.9. The van der Waals surface area contributed by atoms with Crippen LogP contribution in [0.1, 0.15) is 67.5 Å². The van der Waals surface area contributed by atoms with Gasteiger partial charge >= 0.3 is 18.0 Å². The minimum atomic E-state index is -0.969. The van der Waals surface area contributed by atoms with Crippen LogP contribution in [0.15, 0.2) is 4.42 Å². The van der Waals surface area contributed by atoms with Gasteiger partial charge in [0.25, 0.3) is 0 Å². The van der Waals surface area contributed by atoms with Gasteiger partial charge in [0, 0.05) is 0 Å². The molecule has 0 aliphatic heterocycles. The number of alkyl carbamates (subject to hydrolysis) is 1. The van der Waals surface area contributed by atoms with Crippen molar-refractivity contribution in [1.29, 1.82) is 0 Å². The third-order valence-electron chi connectivity index (χ3n) is 3.90. The molecule has 1 unspecified atom stereocenters. The molecule has 10 nitrogen and oxygen atoms in total. The van der Waals surface area contributed by atoms with Gasteiger partial charge in [0.1, 0.15) is 28.5 Å². The van der Waals surface area contributed by atoms with Crippen molar-refractivity contribution in [3.63, 3.8) is 0 Å². The van der Waals surface area contributed by atoms with E-state index in [9.17, 15) is 19.2 Å². The Kier molecular flexibility index (Phi) is 10.6. The van der Waals surface area contributed by atoms with Crippen LogP contribution in [0, 0.1) is 6.92 Å². The van der Waals surface area contributed by atoms with E-state index in [1.54, 1.807) is 34.6 Å². The maximum Gasteiger partial charge on any atom is 0.408 e. The standard InChI is InChI=1S/C21H32N2O8S/c1-8-28-18(25)14-12(3)30-17(15(14)19(26)29-9-2)23-16(24)13(10-11-32-7)22-20(27)31-21(4,5)6/h13H,8-11H2,1-7H3,(H,22,27)(H,23,24). The number of amides is 2. The summed E-state index contributed by atoms with van der Waals surface area (Å²) in [5, 5.41) is 5.02. The number of carbonyl (C=O) groups is 4. The van der Waals surface area contributed by atoms with Crippen LogP contribution < -0.4 is 10.6 Å². The van der Waals surface area contributed by atoms with Crippen molar-refractivity contribution >= 4 is 41.6 Å². The van der Waals surface area contributed by atoms with Gasteiger partial charge in [-0.1, -0.05) is 0 Å². The van der Waals surface area contributed by atoms with Crippen molar-refractivity contribution < 1.29 is 37.8 Å². The molecule has 1 atom stereocenters. The fraction of sp³-hybridized carbons (Fsp3) is 0.619. The van der Waals surface area contributed by atoms with E-state index in [0.29, 0.717) is 12.2 Å². The Morgan fingerprint density at radius 1 is 1.03 bits per heavy atom. The third-order valence-corrected chi connectivity index (χ3v) is 4.54. The molecule has 180 valence electrons. The summed E-state index contributed by atoms with van der Waals surface area (Å²) in [6.07, 6.45) is 1.40. The zero-order valence-corrected chi connectivity index (χ0v) is 20.4. The van der Waals surface area contributed by atoms with E-state index in [2.05, 4.69) is 10.6 Å². The number of carbonyl (C=O) groups excluding carboxylic acids is 4. The highest BCUT2D eigenvalue weighted by Gasteiger charge is 2.33. The fourth-order valence-electron chi connectivity index (χ4n) is 2.63. The fourth-order valence-corrected chi connectivity index (χ4v) is 3.10. The lowest BCUT2D eigenvalue weighted by Crippen LogP contribution is -2.46. The molecule has 32 heavy (non-hydrogen) atoms. The summed E-state index contributed by atoms with van der Waals surface area (Å²) in [6.45, 7) is 9.95. The van der Waals surface area contributed by atoms with Gasteiger partial charge < -0.3 is 23.9 Å². The van der Waals surface area contributed by atoms with Gasteiger partial charge in [-0.2, -0.15) is 11.8 Å². The average molecular weight is 473 g/mol. The third kappa shape index (κ3) is 8.10. The SMILES string of the molecule is CCOC(=O)c1c(C)oc(NC(=O)C(CCSC)NC(=O)OC(C)(C)C)c1C(=O)OCC. The second-order valence-corrected chi connectivity index (χ2v) is 8.63. The highest BCUT2D eigenvalue weighted by molar-refractivity contribution is 7.98. The van der Waals surface area contributed by atoms with Gasteiger partial charge in [-0.05, 0) is 60.0 Å². The second-order valence-electron chi connectivity index (χ2n) is 7.65. The van der Waals surface area contributed by atoms with Crippen molar-refractivity contribution in [2.45, 2.75) is 59.6 Å². The molecule has 2 N–H and O–H groups in total. The number of ether oxygens (including phenoxy) is 3. The topological polar surface area (TPSA) is 133 Å². The Balaban J connectivity index is 3.23. The van der Waals surface area contributed by atoms with Crippen LogP contribution in [0.5, 0.6) is 0 Å². The molecule has 0 saturated heterocycles. The lowest BCUT2D eigenvalue weighted by molar-refractivity contribution is -0.118. The molecular weight excluding hydrogens is 440 g/mol. The number of hydrogen-bond acceptors (Lipinski definition) is 9. The molecule has 1 aromatic rings. The monoisotopic (exact) mass is 472 g/mol. The summed E-state index contributed by atoms with van der Waals surface area (Å²) < 4.78 is 20.8. The van der Waals surface area contributed by atoms with Gasteiger partial charge in [-0.3, -0.25) is 10.1 Å². The van der Waals surface area contributed by atoms with Gasteiger partial charge in [-0.25, -0.2) is 14.4 Å². The van der Waals surface area contributed by atoms with Crippen LogP contribution in [0.4, 0.5) is 10.7 Å². The number of anilines is 1. The summed E-state index contributed by atoms with van der Waals surface area (Å²) in [7, 11) is 0. The van der Waals surface area contributed by atoms with Gasteiger partial charge in [0.2, 0.25) is 11.8 Å². The van der Waals surface area contributed by atoms with Crippen LogP contribution in [-0.2, 0) is 19.0 Å². The molecule has 0 bridgehead atoms. The molecule has 1 heterocycles. The highest BCUT2D eigenvalue weighted by Crippen LogP contribution is 2.29. The molecule has 0 saturated carbocycles. The van der Waals surface area contributed by atoms with Crippen molar-refractivity contribution in [3.8, 4) is 0 Å². The maximum atomic E-state index is 12.9. The number of aryl methyl sites for hydroxylation is 1. The number of furan rings is 1. The highest BCUT2D eigenvalue weighted by atomic mass is 32.2. The summed E-state index contributed by atoms with van der Waals surface area (Å²) in [5.74, 6) is -1.85. The molecule has 1 rings (SSSR count). The van der Waals surface area contributed by atoms with E-state index in [1.807, 2.05) is 6.26 Å². The number of rotatable bonds is 10. The summed E-state index contributed by atoms with van der Waals surface area (Å²) in [4.78, 5) is 50.0. The molecule has 2 amide bonds. The van der Waals surface area contributed by atoms with Crippen molar-refractivity contribution in [3.05, 3.63) is 16.9 Å². The van der Waals surface area contributed by atoms with Gasteiger partial charge in [0.05, 0.1) is 13.2 Å². The minimum absolute atomic E-state index is 0.0509. The lowest BCUT2D eigenvalue weighted by Gasteiger charge is -2.23. The van der Waals surface area contributed by atoms with Gasteiger partial charge in [-0.15, -0.1) is 0 Å². The average Bonchev–Trinajstić information content (AvgIpc) is 2.99. The van der Waals surface area contributed by atoms with E-state index in [4.69, 9.17) is 18.6 Å². The van der Waals surface area contributed by atoms with E-state index >= 15 is 0 Å². The molecule has 0 aromatic carbocycles. The molecule has 0 aliphatic carbocycles. The Morgan fingerprint density at radius 3 is 2.09 bits per heavy atom. The first kappa shape index (κ1) is 27.3. The Labute approximate surface area is 192 Å². The zero-order chi connectivity index (χ0) is 24.5. The van der Waals surface area contributed by atoms with Gasteiger partial charge in [0.15, 0.2) is 0 Å². The Morgan fingerprint density at radius 2 is 1.59 bits per heavy atom. The molecule has 1 aromatic heterocycles. The van der Waals surface area contributed by atoms with Crippen molar-refractivity contribution in [2.75, 3.05) is 30.5 Å². The van der Waals surface area contributed by atoms with E-state index in [0.717, 1.165) is 0 Å². The van der Waals surface area contributed by atoms with Crippen molar-refractivity contribution in [1.82, 2.24) is 5.32 Å². The molecule has 0 spiro atoms. The Bertz CT molecular complexity index is 829. The molecule has 0 fully saturated rings. The minimum Gasteiger partial charge on any atom is -0.462 e. The quantitative estimate of drug-likeness (QED) is 0.387. The van der Waals surface area contributed by atoms with Crippen LogP contribution >= 0.6 is 11.8 Å². The normalized spacial score (nSPS) is 12.0. The van der Waals surface area contributed by atoms with E-state index in [1.165, 1.54) is 18.7 Å². The lowest BCUT2D eigenvalue weighted by atomic mass is 10.1. The molecule has 0 aliphatic rings. The van der Waals surface area contributed by atoms with E-state index < -0.39 is 35.6 Å². The largest absolute Gasteiger partial charge is 0.462 e. The summed E-state index contributed by atoms with van der Waals surface area (Å²) in [6, 6.07) is -0.969. The number of thioether (sulfide) groups is 1. The molecular formula is C21H32N2O8S. The predicted octanol–water partition coefficient (Wildman–Crippen LogP) is 3.53. The maximum absolute atomic E-state index is 12.9. The van der Waals surface area contributed by atoms with Crippen molar-refractivity contribution in [2.24, 2.45) is 0 Å². The number of hydrogen-bond donors (Lipinski definition) is 2.